The molecule has 1 aliphatic heterocycles. The Hall–Kier alpha value is -2.67. The summed E-state index contributed by atoms with van der Waals surface area (Å²) in [7, 11) is 0. The Bertz CT molecular complexity index is 976. The van der Waals surface area contributed by atoms with E-state index in [2.05, 4.69) is 15.5 Å². The van der Waals surface area contributed by atoms with E-state index in [1.807, 2.05) is 21.6 Å². The van der Waals surface area contributed by atoms with Crippen molar-refractivity contribution in [3.63, 3.8) is 0 Å². The standard InChI is InChI=1S/C19H19ClFN5O/c20-15-7-4-10-26-17(15)23-24-19(26)25-9-3-6-14(12-25)18(27)22-11-13-5-1-2-8-16(13)21/h1-2,4-5,7-8,10,14H,3,6,9,11-12H2,(H,22,27). The Labute approximate surface area is 161 Å². The van der Waals surface area contributed by atoms with Crippen LogP contribution in [0.15, 0.2) is 42.6 Å². The zero-order valence-electron chi connectivity index (χ0n) is 14.6. The number of rotatable bonds is 4. The van der Waals surface area contributed by atoms with E-state index in [-0.39, 0.29) is 24.2 Å². The van der Waals surface area contributed by atoms with Gasteiger partial charge in [0, 0.05) is 31.4 Å². The number of fused-ring (bicyclic) bond motifs is 1. The molecule has 4 rings (SSSR count). The Kier molecular flexibility index (Phi) is 4.94. The van der Waals surface area contributed by atoms with Crippen molar-refractivity contribution in [1.29, 1.82) is 0 Å². The van der Waals surface area contributed by atoms with Crippen molar-refractivity contribution < 1.29 is 9.18 Å². The van der Waals surface area contributed by atoms with Gasteiger partial charge in [0.25, 0.3) is 0 Å². The van der Waals surface area contributed by atoms with Crippen LogP contribution in [-0.2, 0) is 11.3 Å². The summed E-state index contributed by atoms with van der Waals surface area (Å²) in [4.78, 5) is 14.6. The van der Waals surface area contributed by atoms with Crippen molar-refractivity contribution in [2.75, 3.05) is 18.0 Å². The number of nitrogens with one attached hydrogen (secondary N) is 1. The quantitative estimate of drug-likeness (QED) is 0.747. The maximum Gasteiger partial charge on any atom is 0.231 e. The van der Waals surface area contributed by atoms with Crippen LogP contribution >= 0.6 is 11.6 Å². The van der Waals surface area contributed by atoms with Gasteiger partial charge in [-0.3, -0.25) is 9.20 Å². The van der Waals surface area contributed by atoms with Crippen LogP contribution in [-0.4, -0.2) is 33.6 Å². The zero-order chi connectivity index (χ0) is 18.8. The Morgan fingerprint density at radius 2 is 2.11 bits per heavy atom. The molecule has 0 aliphatic carbocycles. The van der Waals surface area contributed by atoms with Crippen LogP contribution in [0.5, 0.6) is 0 Å². The van der Waals surface area contributed by atoms with Crippen molar-refractivity contribution in [3.05, 3.63) is 59.0 Å². The van der Waals surface area contributed by atoms with Gasteiger partial charge in [0.1, 0.15) is 5.82 Å². The minimum Gasteiger partial charge on any atom is -0.352 e. The highest BCUT2D eigenvalue weighted by atomic mass is 35.5. The normalized spacial score (nSPS) is 17.3. The number of halogens is 2. The predicted molar refractivity (Wildman–Crippen MR) is 101 cm³/mol. The molecular formula is C19H19ClFN5O. The number of carbonyl (C=O) groups excluding carboxylic acids is 1. The van der Waals surface area contributed by atoms with E-state index in [9.17, 15) is 9.18 Å². The van der Waals surface area contributed by atoms with Gasteiger partial charge in [-0.2, -0.15) is 0 Å². The number of carbonyl (C=O) groups is 1. The first-order valence-electron chi connectivity index (χ1n) is 8.89. The molecule has 0 spiro atoms. The third-order valence-electron chi connectivity index (χ3n) is 4.86. The third-order valence-corrected chi connectivity index (χ3v) is 5.15. The molecule has 0 bridgehead atoms. The van der Waals surface area contributed by atoms with Crippen LogP contribution in [0.2, 0.25) is 5.02 Å². The van der Waals surface area contributed by atoms with Crippen LogP contribution in [0.1, 0.15) is 18.4 Å². The molecule has 1 fully saturated rings. The fourth-order valence-corrected chi connectivity index (χ4v) is 3.63. The summed E-state index contributed by atoms with van der Waals surface area (Å²) in [6.07, 6.45) is 3.52. The molecule has 1 amide bonds. The molecule has 1 aromatic carbocycles. The first kappa shape index (κ1) is 17.7. The van der Waals surface area contributed by atoms with Crippen LogP contribution < -0.4 is 10.2 Å². The maximum absolute atomic E-state index is 13.7. The molecule has 1 atom stereocenters. The van der Waals surface area contributed by atoms with Crippen molar-refractivity contribution in [3.8, 4) is 0 Å². The summed E-state index contributed by atoms with van der Waals surface area (Å²) < 4.78 is 15.6. The minimum atomic E-state index is -0.310. The monoisotopic (exact) mass is 387 g/mol. The van der Waals surface area contributed by atoms with Gasteiger partial charge in [-0.25, -0.2) is 4.39 Å². The van der Waals surface area contributed by atoms with Crippen molar-refractivity contribution in [2.24, 2.45) is 5.92 Å². The maximum atomic E-state index is 13.7. The number of nitrogens with zero attached hydrogens (tertiary/aromatic N) is 4. The molecule has 0 radical (unpaired) electrons. The lowest BCUT2D eigenvalue weighted by molar-refractivity contribution is -0.125. The second kappa shape index (κ2) is 7.52. The second-order valence-corrected chi connectivity index (χ2v) is 7.05. The Balaban J connectivity index is 1.45. The summed E-state index contributed by atoms with van der Waals surface area (Å²) in [6.45, 7) is 1.52. The first-order valence-corrected chi connectivity index (χ1v) is 9.26. The minimum absolute atomic E-state index is 0.0743. The molecule has 1 N–H and O–H groups in total. The largest absolute Gasteiger partial charge is 0.352 e. The fraction of sp³-hybridized carbons (Fsp3) is 0.316. The summed E-state index contributed by atoms with van der Waals surface area (Å²) >= 11 is 6.16. The van der Waals surface area contributed by atoms with Gasteiger partial charge in [0.15, 0.2) is 5.65 Å². The second-order valence-electron chi connectivity index (χ2n) is 6.64. The SMILES string of the molecule is O=C(NCc1ccccc1F)C1CCCN(c2nnc3c(Cl)cccn23)C1. The molecule has 8 heteroatoms. The Morgan fingerprint density at radius 3 is 2.96 bits per heavy atom. The molecule has 140 valence electrons. The van der Waals surface area contributed by atoms with Gasteiger partial charge in [-0.1, -0.05) is 29.8 Å². The average molecular weight is 388 g/mol. The number of anilines is 1. The molecule has 3 aromatic rings. The van der Waals surface area contributed by atoms with Crippen LogP contribution in [0, 0.1) is 11.7 Å². The van der Waals surface area contributed by atoms with E-state index in [1.54, 1.807) is 24.3 Å². The van der Waals surface area contributed by atoms with Crippen LogP contribution in [0.4, 0.5) is 10.3 Å². The Morgan fingerprint density at radius 1 is 1.26 bits per heavy atom. The van der Waals surface area contributed by atoms with Crippen molar-refractivity contribution in [1.82, 2.24) is 19.9 Å². The van der Waals surface area contributed by atoms with E-state index in [1.165, 1.54) is 6.07 Å². The lowest BCUT2D eigenvalue weighted by atomic mass is 9.97. The molecule has 1 aliphatic rings. The van der Waals surface area contributed by atoms with Gasteiger partial charge in [0.2, 0.25) is 11.9 Å². The van der Waals surface area contributed by atoms with E-state index >= 15 is 0 Å². The fourth-order valence-electron chi connectivity index (χ4n) is 3.43. The van der Waals surface area contributed by atoms with Crippen LogP contribution in [0.3, 0.4) is 0 Å². The average Bonchev–Trinajstić information content (AvgIpc) is 3.13. The molecule has 3 heterocycles. The molecule has 1 saturated heterocycles. The van der Waals surface area contributed by atoms with Gasteiger partial charge in [-0.05, 0) is 31.0 Å². The smallest absolute Gasteiger partial charge is 0.231 e. The van der Waals surface area contributed by atoms with E-state index in [4.69, 9.17) is 11.6 Å². The topological polar surface area (TPSA) is 62.5 Å². The van der Waals surface area contributed by atoms with Gasteiger partial charge in [0.05, 0.1) is 10.9 Å². The van der Waals surface area contributed by atoms with Gasteiger partial charge in [-0.15, -0.1) is 10.2 Å². The number of aromatic nitrogens is 3. The highest BCUT2D eigenvalue weighted by Gasteiger charge is 2.28. The van der Waals surface area contributed by atoms with Gasteiger partial charge >= 0.3 is 0 Å². The van der Waals surface area contributed by atoms with E-state index in [0.717, 1.165) is 19.4 Å². The van der Waals surface area contributed by atoms with E-state index in [0.29, 0.717) is 28.7 Å². The number of benzene rings is 1. The highest BCUT2D eigenvalue weighted by molar-refractivity contribution is 6.33. The predicted octanol–water partition coefficient (Wildman–Crippen LogP) is 3.05. The summed E-state index contributed by atoms with van der Waals surface area (Å²) in [5.41, 5.74) is 1.08. The van der Waals surface area contributed by atoms with Crippen molar-refractivity contribution in [2.45, 2.75) is 19.4 Å². The molecule has 2 aromatic heterocycles. The lowest BCUT2D eigenvalue weighted by Gasteiger charge is -2.32. The number of hydrogen-bond donors (Lipinski definition) is 1. The first-order chi connectivity index (χ1) is 13.1. The molecule has 27 heavy (non-hydrogen) atoms. The van der Waals surface area contributed by atoms with Crippen LogP contribution in [0.25, 0.3) is 5.65 Å². The number of pyridine rings is 1. The molecule has 0 saturated carbocycles. The molecule has 6 nitrogen and oxygen atoms in total. The third kappa shape index (κ3) is 3.60. The van der Waals surface area contributed by atoms with Gasteiger partial charge < -0.3 is 10.2 Å². The number of hydrogen-bond acceptors (Lipinski definition) is 4. The van der Waals surface area contributed by atoms with Crippen molar-refractivity contribution >= 4 is 29.1 Å². The highest BCUT2D eigenvalue weighted by Crippen LogP contribution is 2.25. The number of amides is 1. The lowest BCUT2D eigenvalue weighted by Crippen LogP contribution is -2.43. The van der Waals surface area contributed by atoms with E-state index < -0.39 is 0 Å². The summed E-state index contributed by atoms with van der Waals surface area (Å²) in [5.74, 6) is 0.112. The summed E-state index contributed by atoms with van der Waals surface area (Å²) in [5, 5.41) is 11.8. The zero-order valence-corrected chi connectivity index (χ0v) is 15.4. The summed E-state index contributed by atoms with van der Waals surface area (Å²) in [6, 6.07) is 10.1. The molecular weight excluding hydrogens is 369 g/mol. The number of piperidine rings is 1. The molecule has 1 unspecified atom stereocenters.